The van der Waals surface area contributed by atoms with Gasteiger partial charge in [0, 0.05) is 31.2 Å². The maximum absolute atomic E-state index is 13.2. The summed E-state index contributed by atoms with van der Waals surface area (Å²) in [5.74, 6) is 1.56. The molecule has 1 saturated heterocycles. The molecule has 3 aromatic rings. The number of hydrogen-bond acceptors (Lipinski definition) is 4. The van der Waals surface area contributed by atoms with E-state index in [1.807, 2.05) is 53.4 Å². The Balaban J connectivity index is 1.66. The van der Waals surface area contributed by atoms with Gasteiger partial charge < -0.3 is 4.90 Å². The van der Waals surface area contributed by atoms with E-state index in [1.54, 1.807) is 0 Å². The van der Waals surface area contributed by atoms with Crippen LogP contribution in [0.15, 0.2) is 53.6 Å². The number of rotatable bonds is 4. The predicted octanol–water partition coefficient (Wildman–Crippen LogP) is 3.54. The molecular weight excluding hydrogens is 324 g/mol. The molecule has 0 amide bonds. The molecule has 1 saturated carbocycles. The molecule has 5 heteroatoms. The van der Waals surface area contributed by atoms with Crippen molar-refractivity contribution in [3.63, 3.8) is 0 Å². The van der Waals surface area contributed by atoms with Crippen LogP contribution in [0.4, 0.5) is 5.69 Å². The van der Waals surface area contributed by atoms with Gasteiger partial charge >= 0.3 is 0 Å². The smallest absolute Gasteiger partial charge is 0.261 e. The average molecular weight is 346 g/mol. The zero-order valence-corrected chi connectivity index (χ0v) is 14.7. The van der Waals surface area contributed by atoms with Crippen LogP contribution in [0.3, 0.4) is 0 Å². The fraction of sp³-hybridized carbons (Fsp3) is 0.381. The molecule has 1 aliphatic heterocycles. The molecule has 1 aliphatic carbocycles. The van der Waals surface area contributed by atoms with Crippen LogP contribution in [0.5, 0.6) is 0 Å². The number of anilines is 1. The molecule has 3 heterocycles. The highest BCUT2D eigenvalue weighted by molar-refractivity contribution is 5.77. The predicted molar refractivity (Wildman–Crippen MR) is 102 cm³/mol. The van der Waals surface area contributed by atoms with E-state index in [4.69, 9.17) is 4.98 Å². The Morgan fingerprint density at radius 1 is 1.04 bits per heavy atom. The molecule has 2 fully saturated rings. The molecule has 1 unspecified atom stereocenters. The third-order valence-corrected chi connectivity index (χ3v) is 5.57. The monoisotopic (exact) mass is 346 g/mol. The number of nitrogens with zero attached hydrogens (tertiary/aromatic N) is 4. The summed E-state index contributed by atoms with van der Waals surface area (Å²) in [5, 5.41) is 0.727. The molecule has 0 radical (unpaired) electrons. The zero-order chi connectivity index (χ0) is 17.5. The van der Waals surface area contributed by atoms with Crippen LogP contribution in [0.2, 0.25) is 0 Å². The van der Waals surface area contributed by atoms with Crippen molar-refractivity contribution in [2.24, 2.45) is 5.92 Å². The van der Waals surface area contributed by atoms with Gasteiger partial charge in [0.05, 0.1) is 16.9 Å². The normalized spacial score (nSPS) is 20.0. The Morgan fingerprint density at radius 2 is 1.85 bits per heavy atom. The van der Waals surface area contributed by atoms with E-state index in [0.717, 1.165) is 48.3 Å². The first-order chi connectivity index (χ1) is 12.8. The van der Waals surface area contributed by atoms with Gasteiger partial charge in [-0.05, 0) is 55.9 Å². The fourth-order valence-corrected chi connectivity index (χ4v) is 4.05. The fourth-order valence-electron chi connectivity index (χ4n) is 4.05. The maximum Gasteiger partial charge on any atom is 0.261 e. The number of benzene rings is 1. The molecule has 0 bridgehead atoms. The second kappa shape index (κ2) is 6.24. The molecule has 0 N–H and O–H groups in total. The van der Waals surface area contributed by atoms with Gasteiger partial charge in [-0.1, -0.05) is 12.1 Å². The summed E-state index contributed by atoms with van der Waals surface area (Å²) in [4.78, 5) is 24.7. The number of hydrogen-bond donors (Lipinski definition) is 0. The lowest BCUT2D eigenvalue weighted by atomic mass is 10.1. The van der Waals surface area contributed by atoms with Gasteiger partial charge in [-0.2, -0.15) is 0 Å². The molecule has 5 nitrogen and oxygen atoms in total. The van der Waals surface area contributed by atoms with Crippen LogP contribution in [0.1, 0.15) is 37.5 Å². The molecule has 5 rings (SSSR count). The van der Waals surface area contributed by atoms with Gasteiger partial charge in [0.25, 0.3) is 5.56 Å². The summed E-state index contributed by atoms with van der Waals surface area (Å²) in [6, 6.07) is 12.0. The second-order valence-electron chi connectivity index (χ2n) is 7.40. The van der Waals surface area contributed by atoms with Crippen LogP contribution >= 0.6 is 0 Å². The first-order valence-electron chi connectivity index (χ1n) is 9.47. The van der Waals surface area contributed by atoms with Crippen LogP contribution in [0, 0.1) is 5.92 Å². The number of para-hydroxylation sites is 1. The standard InChI is InChI=1S/C21H22N4O/c26-21-17-4-1-2-5-18(17)23-20(25(21)14-15-7-8-15)19-6-3-13-24(19)16-9-11-22-12-10-16/h1-2,4-5,9-12,15,19H,3,6-8,13-14H2. The van der Waals surface area contributed by atoms with Crippen LogP contribution in [-0.4, -0.2) is 21.1 Å². The number of aromatic nitrogens is 3. The summed E-state index contributed by atoms with van der Waals surface area (Å²) >= 11 is 0. The van der Waals surface area contributed by atoms with Gasteiger partial charge in [0.15, 0.2) is 0 Å². The second-order valence-corrected chi connectivity index (χ2v) is 7.40. The lowest BCUT2D eigenvalue weighted by Crippen LogP contribution is -2.32. The molecule has 2 aromatic heterocycles. The molecule has 1 aromatic carbocycles. The molecule has 2 aliphatic rings. The lowest BCUT2D eigenvalue weighted by molar-refractivity contribution is 0.527. The summed E-state index contributed by atoms with van der Waals surface area (Å²) in [6.07, 6.45) is 8.23. The van der Waals surface area contributed by atoms with Gasteiger partial charge in [-0.3, -0.25) is 14.3 Å². The minimum absolute atomic E-state index is 0.110. The SMILES string of the molecule is O=c1c2ccccc2nc(C2CCCN2c2ccncc2)n1CC1CC1. The Labute approximate surface area is 152 Å². The molecular formula is C21H22N4O. The van der Waals surface area contributed by atoms with Crippen LogP contribution < -0.4 is 10.5 Å². The van der Waals surface area contributed by atoms with Crippen molar-refractivity contribution < 1.29 is 0 Å². The van der Waals surface area contributed by atoms with Crippen molar-refractivity contribution in [2.45, 2.75) is 38.3 Å². The molecule has 26 heavy (non-hydrogen) atoms. The van der Waals surface area contributed by atoms with E-state index in [9.17, 15) is 4.79 Å². The van der Waals surface area contributed by atoms with Gasteiger partial charge in [0.2, 0.25) is 0 Å². The highest BCUT2D eigenvalue weighted by Crippen LogP contribution is 2.37. The van der Waals surface area contributed by atoms with Crippen molar-refractivity contribution >= 4 is 16.6 Å². The van der Waals surface area contributed by atoms with E-state index < -0.39 is 0 Å². The summed E-state index contributed by atoms with van der Waals surface area (Å²) in [7, 11) is 0. The van der Waals surface area contributed by atoms with Crippen molar-refractivity contribution in [2.75, 3.05) is 11.4 Å². The van der Waals surface area contributed by atoms with E-state index in [0.29, 0.717) is 5.92 Å². The van der Waals surface area contributed by atoms with E-state index in [-0.39, 0.29) is 11.6 Å². The zero-order valence-electron chi connectivity index (χ0n) is 14.7. The minimum Gasteiger partial charge on any atom is -0.361 e. The molecule has 132 valence electrons. The van der Waals surface area contributed by atoms with Gasteiger partial charge in [0.1, 0.15) is 5.82 Å². The van der Waals surface area contributed by atoms with Crippen molar-refractivity contribution in [1.29, 1.82) is 0 Å². The molecule has 1 atom stereocenters. The van der Waals surface area contributed by atoms with Crippen LogP contribution in [-0.2, 0) is 6.54 Å². The van der Waals surface area contributed by atoms with Gasteiger partial charge in [-0.25, -0.2) is 4.98 Å². The first-order valence-corrected chi connectivity index (χ1v) is 9.47. The van der Waals surface area contributed by atoms with Crippen molar-refractivity contribution in [1.82, 2.24) is 14.5 Å². The maximum atomic E-state index is 13.2. The number of pyridine rings is 1. The minimum atomic E-state index is 0.110. The third kappa shape index (κ3) is 2.68. The van der Waals surface area contributed by atoms with Crippen molar-refractivity contribution in [3.8, 4) is 0 Å². The Hall–Kier alpha value is -2.69. The third-order valence-electron chi connectivity index (χ3n) is 5.57. The average Bonchev–Trinajstić information content (AvgIpc) is 3.37. The summed E-state index contributed by atoms with van der Waals surface area (Å²) < 4.78 is 1.96. The van der Waals surface area contributed by atoms with Gasteiger partial charge in [-0.15, -0.1) is 0 Å². The van der Waals surface area contributed by atoms with Crippen molar-refractivity contribution in [3.05, 3.63) is 65.0 Å². The Kier molecular flexibility index (Phi) is 3.73. The lowest BCUT2D eigenvalue weighted by Gasteiger charge is -2.28. The highest BCUT2D eigenvalue weighted by atomic mass is 16.1. The van der Waals surface area contributed by atoms with E-state index in [1.165, 1.54) is 12.8 Å². The topological polar surface area (TPSA) is 51.0 Å². The molecule has 0 spiro atoms. The summed E-state index contributed by atoms with van der Waals surface area (Å²) in [5.41, 5.74) is 2.07. The summed E-state index contributed by atoms with van der Waals surface area (Å²) in [6.45, 7) is 1.79. The Bertz CT molecular complexity index is 994. The highest BCUT2D eigenvalue weighted by Gasteiger charge is 2.32. The largest absolute Gasteiger partial charge is 0.361 e. The Morgan fingerprint density at radius 3 is 2.65 bits per heavy atom. The van der Waals surface area contributed by atoms with E-state index >= 15 is 0 Å². The number of fused-ring (bicyclic) bond motifs is 1. The van der Waals surface area contributed by atoms with Crippen LogP contribution in [0.25, 0.3) is 10.9 Å². The van der Waals surface area contributed by atoms with E-state index in [2.05, 4.69) is 9.88 Å². The quantitative estimate of drug-likeness (QED) is 0.725. The first kappa shape index (κ1) is 15.6.